The molecule has 0 aromatic heterocycles. The summed E-state index contributed by atoms with van der Waals surface area (Å²) in [7, 11) is -4.46. The van der Waals surface area contributed by atoms with Crippen molar-refractivity contribution in [3.05, 3.63) is 12.7 Å². The van der Waals surface area contributed by atoms with Crippen LogP contribution in [-0.4, -0.2) is 29.0 Å². The van der Waals surface area contributed by atoms with Gasteiger partial charge >= 0.3 is 13.8 Å². The third-order valence-electron chi connectivity index (χ3n) is 2.39. The highest BCUT2D eigenvalue weighted by Crippen LogP contribution is 2.35. The van der Waals surface area contributed by atoms with Gasteiger partial charge in [-0.2, -0.15) is 0 Å². The summed E-state index contributed by atoms with van der Waals surface area (Å²) in [5.74, 6) is -0.361. The van der Waals surface area contributed by atoms with Crippen LogP contribution in [0.15, 0.2) is 12.7 Å². The number of carbonyl (C=O) groups is 1. The number of hydrogen-bond acceptors (Lipinski definition) is 4. The highest BCUT2D eigenvalue weighted by molar-refractivity contribution is 7.46. The van der Waals surface area contributed by atoms with Gasteiger partial charge in [0.25, 0.3) is 0 Å². The van der Waals surface area contributed by atoms with E-state index in [1.165, 1.54) is 0 Å². The number of rotatable bonds is 12. The Bertz CT molecular complexity index is 299. The molecule has 7 heteroatoms. The highest BCUT2D eigenvalue weighted by atomic mass is 31.2. The molecule has 0 aliphatic heterocycles. The number of phosphoric acid groups is 1. The summed E-state index contributed by atoms with van der Waals surface area (Å²) < 4.78 is 19.2. The molecule has 0 rings (SSSR count). The fourth-order valence-corrected chi connectivity index (χ4v) is 1.78. The number of phosphoric ester groups is 1. The van der Waals surface area contributed by atoms with E-state index in [4.69, 9.17) is 14.5 Å². The van der Waals surface area contributed by atoms with Crippen molar-refractivity contribution in [1.82, 2.24) is 0 Å². The van der Waals surface area contributed by atoms with Crippen LogP contribution in [0.3, 0.4) is 0 Å². The minimum Gasteiger partial charge on any atom is -0.463 e. The Morgan fingerprint density at radius 1 is 1.11 bits per heavy atom. The third kappa shape index (κ3) is 15.3. The Labute approximate surface area is 114 Å². The monoisotopic (exact) mass is 294 g/mol. The van der Waals surface area contributed by atoms with E-state index in [1.54, 1.807) is 0 Å². The highest BCUT2D eigenvalue weighted by Gasteiger charge is 2.13. The van der Waals surface area contributed by atoms with Crippen LogP contribution in [0, 0.1) is 0 Å². The summed E-state index contributed by atoms with van der Waals surface area (Å²) in [6, 6.07) is 0. The summed E-state index contributed by atoms with van der Waals surface area (Å²) in [5.41, 5.74) is 0. The van der Waals surface area contributed by atoms with Gasteiger partial charge in [-0.1, -0.05) is 25.3 Å². The quantitative estimate of drug-likeness (QED) is 0.249. The van der Waals surface area contributed by atoms with Crippen LogP contribution in [0.25, 0.3) is 0 Å². The number of ether oxygens (including phenoxy) is 1. The lowest BCUT2D eigenvalue weighted by Gasteiger charge is -2.06. The van der Waals surface area contributed by atoms with Crippen molar-refractivity contribution in [2.45, 2.75) is 44.9 Å². The number of carbonyl (C=O) groups excluding carboxylic acids is 1. The van der Waals surface area contributed by atoms with Crippen LogP contribution in [0.2, 0.25) is 0 Å². The van der Waals surface area contributed by atoms with E-state index < -0.39 is 7.82 Å². The lowest BCUT2D eigenvalue weighted by Crippen LogP contribution is -2.09. The first kappa shape index (κ1) is 18.3. The number of esters is 1. The molecule has 0 radical (unpaired) electrons. The van der Waals surface area contributed by atoms with Crippen molar-refractivity contribution < 1.29 is 28.4 Å². The van der Waals surface area contributed by atoms with Gasteiger partial charge in [0.15, 0.2) is 0 Å². The largest absolute Gasteiger partial charge is 0.469 e. The molecule has 6 nitrogen and oxygen atoms in total. The molecule has 0 fully saturated rings. The first-order valence-electron chi connectivity index (χ1n) is 6.42. The van der Waals surface area contributed by atoms with Crippen molar-refractivity contribution in [3.8, 4) is 0 Å². The summed E-state index contributed by atoms with van der Waals surface area (Å²) in [6.45, 7) is 3.22. The van der Waals surface area contributed by atoms with Crippen molar-refractivity contribution in [2.24, 2.45) is 0 Å². The molecular weight excluding hydrogens is 271 g/mol. The minimum atomic E-state index is -4.46. The van der Waals surface area contributed by atoms with Gasteiger partial charge < -0.3 is 14.5 Å². The van der Waals surface area contributed by atoms with E-state index in [2.05, 4.69) is 11.1 Å². The minimum absolute atomic E-state index is 0.136. The normalized spacial score (nSPS) is 11.3. The molecule has 19 heavy (non-hydrogen) atoms. The van der Waals surface area contributed by atoms with Gasteiger partial charge in [0.1, 0.15) is 6.61 Å². The second-order valence-electron chi connectivity index (χ2n) is 4.14. The van der Waals surface area contributed by atoms with E-state index in [1.807, 2.05) is 6.08 Å². The van der Waals surface area contributed by atoms with E-state index in [0.717, 1.165) is 38.5 Å². The molecule has 0 aliphatic carbocycles. The molecule has 0 saturated carbocycles. The maximum absolute atomic E-state index is 11.2. The Morgan fingerprint density at radius 2 is 1.74 bits per heavy atom. The molecule has 0 aliphatic rings. The van der Waals surface area contributed by atoms with Gasteiger partial charge in [-0.3, -0.25) is 9.32 Å². The summed E-state index contributed by atoms with van der Waals surface area (Å²) >= 11 is 0. The second-order valence-corrected chi connectivity index (χ2v) is 5.38. The second kappa shape index (κ2) is 11.2. The summed E-state index contributed by atoms with van der Waals surface area (Å²) in [5, 5.41) is 0. The predicted octanol–water partition coefficient (Wildman–Crippen LogP) is 2.56. The molecule has 0 atom stereocenters. The van der Waals surface area contributed by atoms with Crippen molar-refractivity contribution in [2.75, 3.05) is 13.2 Å². The van der Waals surface area contributed by atoms with Gasteiger partial charge in [-0.05, 0) is 19.3 Å². The van der Waals surface area contributed by atoms with Crippen LogP contribution in [0.5, 0.6) is 0 Å². The van der Waals surface area contributed by atoms with E-state index in [0.29, 0.717) is 6.42 Å². The van der Waals surface area contributed by atoms with Crippen LogP contribution in [0.4, 0.5) is 0 Å². The van der Waals surface area contributed by atoms with Crippen LogP contribution in [-0.2, 0) is 18.6 Å². The topological polar surface area (TPSA) is 93.1 Å². The molecule has 0 heterocycles. The van der Waals surface area contributed by atoms with E-state index in [9.17, 15) is 9.36 Å². The molecule has 0 aromatic rings. The molecule has 0 unspecified atom stereocenters. The molecule has 2 N–H and O–H groups in total. The Hall–Kier alpha value is -0.680. The average molecular weight is 294 g/mol. The van der Waals surface area contributed by atoms with Gasteiger partial charge in [-0.25, -0.2) is 4.57 Å². The fourth-order valence-electron chi connectivity index (χ4n) is 1.47. The first-order chi connectivity index (χ1) is 8.95. The third-order valence-corrected chi connectivity index (χ3v) is 2.91. The molecule has 0 bridgehead atoms. The molecule has 0 aromatic carbocycles. The predicted molar refractivity (Wildman–Crippen MR) is 71.5 cm³/mol. The standard InChI is InChI=1S/C12H23O6P/c1-2-3-4-5-6-7-8-9-12(13)17-10-11-18-19(14,15)16/h2H,1,3-11H2,(H2,14,15,16). The molecule has 0 spiro atoms. The number of unbranched alkanes of at least 4 members (excludes halogenated alkanes) is 5. The number of hydrogen-bond donors (Lipinski definition) is 2. The fraction of sp³-hybridized carbons (Fsp3) is 0.750. The summed E-state index contributed by atoms with van der Waals surface area (Å²) in [6.07, 6.45) is 8.36. The van der Waals surface area contributed by atoms with Gasteiger partial charge in [-0.15, -0.1) is 6.58 Å². The zero-order valence-corrected chi connectivity index (χ0v) is 12.0. The zero-order valence-electron chi connectivity index (χ0n) is 11.1. The van der Waals surface area contributed by atoms with Crippen molar-refractivity contribution in [3.63, 3.8) is 0 Å². The molecule has 0 saturated heterocycles. The Kier molecular flexibility index (Phi) is 10.8. The SMILES string of the molecule is C=CCCCCCCCC(=O)OCCOP(=O)(O)O. The zero-order chi connectivity index (χ0) is 14.6. The maximum Gasteiger partial charge on any atom is 0.469 e. The average Bonchev–Trinajstić information content (AvgIpc) is 2.32. The van der Waals surface area contributed by atoms with Crippen LogP contribution < -0.4 is 0 Å². The van der Waals surface area contributed by atoms with Crippen LogP contribution in [0.1, 0.15) is 44.9 Å². The lowest BCUT2D eigenvalue weighted by atomic mass is 10.1. The number of allylic oxidation sites excluding steroid dienone is 1. The molecular formula is C12H23O6P. The lowest BCUT2D eigenvalue weighted by molar-refractivity contribution is -0.144. The van der Waals surface area contributed by atoms with Gasteiger partial charge in [0, 0.05) is 6.42 Å². The summed E-state index contributed by atoms with van der Waals surface area (Å²) in [4.78, 5) is 28.0. The molecule has 0 amide bonds. The Morgan fingerprint density at radius 3 is 2.37 bits per heavy atom. The van der Waals surface area contributed by atoms with E-state index >= 15 is 0 Å². The smallest absolute Gasteiger partial charge is 0.463 e. The molecule has 112 valence electrons. The Balaban J connectivity index is 3.30. The van der Waals surface area contributed by atoms with Gasteiger partial charge in [0.2, 0.25) is 0 Å². The first-order valence-corrected chi connectivity index (χ1v) is 7.95. The maximum atomic E-state index is 11.2. The van der Waals surface area contributed by atoms with Crippen molar-refractivity contribution in [1.29, 1.82) is 0 Å². The van der Waals surface area contributed by atoms with E-state index in [-0.39, 0.29) is 19.2 Å². The van der Waals surface area contributed by atoms with Crippen LogP contribution >= 0.6 is 7.82 Å². The van der Waals surface area contributed by atoms with Gasteiger partial charge in [0.05, 0.1) is 6.61 Å². The van der Waals surface area contributed by atoms with Crippen molar-refractivity contribution >= 4 is 13.8 Å².